The summed E-state index contributed by atoms with van der Waals surface area (Å²) in [6.45, 7) is 25.1. The van der Waals surface area contributed by atoms with E-state index in [1.54, 1.807) is 0 Å². The monoisotopic (exact) mass is 881 g/mol. The Morgan fingerprint density at radius 2 is 1.52 bits per heavy atom. The summed E-state index contributed by atoms with van der Waals surface area (Å²) in [7, 11) is 1.40. The SMILES string of the molecule is CCc1c2[nH]c(c1C)/C=C1\NC(=C(C)[C@H]1CC)/C=C1\NC(C3=C4N/C(=C\2)C(C)C4[C@H](O)[C@@H]3C(=O)OC)[C@@H](CCC(=O)OC/C=C(\C)CCC[C@@H](C)CCC[C@H](C)CCCC(C)C)[C@@H]1C. The number of aliphatic hydroxyl groups excluding tert-OH is 1. The van der Waals surface area contributed by atoms with E-state index in [1.807, 2.05) is 0 Å². The maximum absolute atomic E-state index is 13.7. The zero-order valence-corrected chi connectivity index (χ0v) is 41.6. The van der Waals surface area contributed by atoms with Crippen LogP contribution in [0.25, 0.3) is 12.2 Å². The summed E-state index contributed by atoms with van der Waals surface area (Å²) in [4.78, 5) is 31.0. The van der Waals surface area contributed by atoms with Gasteiger partial charge >= 0.3 is 11.9 Å². The first-order valence-corrected chi connectivity index (χ1v) is 25.3. The van der Waals surface area contributed by atoms with Crippen LogP contribution in [0.1, 0.15) is 169 Å². The lowest BCUT2D eigenvalue weighted by atomic mass is 9.80. The van der Waals surface area contributed by atoms with Crippen molar-refractivity contribution in [1.82, 2.24) is 20.9 Å². The van der Waals surface area contributed by atoms with E-state index in [2.05, 4.69) is 121 Å². The van der Waals surface area contributed by atoms with Gasteiger partial charge in [-0.3, -0.25) is 9.59 Å². The van der Waals surface area contributed by atoms with Gasteiger partial charge in [0.1, 0.15) is 12.5 Å². The van der Waals surface area contributed by atoms with E-state index in [9.17, 15) is 14.7 Å². The molecule has 1 aromatic rings. The van der Waals surface area contributed by atoms with Crippen molar-refractivity contribution in [1.29, 1.82) is 0 Å². The molecule has 2 fully saturated rings. The number of allylic oxidation sites excluding steroid dienone is 5. The van der Waals surface area contributed by atoms with Gasteiger partial charge in [0.2, 0.25) is 0 Å². The fourth-order valence-electron chi connectivity index (χ4n) is 11.7. The maximum Gasteiger partial charge on any atom is 0.315 e. The fourth-order valence-corrected chi connectivity index (χ4v) is 11.7. The Labute approximate surface area is 386 Å². The Hall–Kier alpha value is -3.98. The van der Waals surface area contributed by atoms with Crippen LogP contribution >= 0.6 is 0 Å². The van der Waals surface area contributed by atoms with E-state index in [4.69, 9.17) is 9.47 Å². The molecule has 0 amide bonds. The summed E-state index contributed by atoms with van der Waals surface area (Å²) < 4.78 is 11.3. The third-order valence-electron chi connectivity index (χ3n) is 15.9. The Morgan fingerprint density at radius 3 is 2.17 bits per heavy atom. The van der Waals surface area contributed by atoms with Crippen LogP contribution in [-0.2, 0) is 25.5 Å². The highest BCUT2D eigenvalue weighted by Gasteiger charge is 2.56. The molecule has 9 heteroatoms. The molecule has 9 nitrogen and oxygen atoms in total. The number of nitrogens with one attached hydrogen (secondary N) is 4. The molecule has 0 saturated carbocycles. The molecule has 0 aromatic carbocycles. The predicted molar refractivity (Wildman–Crippen MR) is 261 cm³/mol. The van der Waals surface area contributed by atoms with Gasteiger partial charge in [-0.05, 0) is 123 Å². The van der Waals surface area contributed by atoms with Crippen molar-refractivity contribution in [3.05, 3.63) is 79.9 Å². The van der Waals surface area contributed by atoms with E-state index in [-0.39, 0.29) is 54.6 Å². The quantitative estimate of drug-likeness (QED) is 0.0648. The minimum Gasteiger partial charge on any atom is -0.468 e. The highest BCUT2D eigenvalue weighted by Crippen LogP contribution is 2.52. The summed E-state index contributed by atoms with van der Waals surface area (Å²) in [6.07, 6.45) is 22.0. The van der Waals surface area contributed by atoms with Crippen molar-refractivity contribution >= 4 is 24.1 Å². The summed E-state index contributed by atoms with van der Waals surface area (Å²) >= 11 is 0. The average Bonchev–Trinajstić information content (AvgIpc) is 3.99. The van der Waals surface area contributed by atoms with Crippen LogP contribution in [0, 0.1) is 60.2 Å². The summed E-state index contributed by atoms with van der Waals surface area (Å²) in [5, 5.41) is 23.6. The van der Waals surface area contributed by atoms with Gasteiger partial charge in [0, 0.05) is 70.0 Å². The van der Waals surface area contributed by atoms with Crippen molar-refractivity contribution in [3.8, 4) is 0 Å². The molecule has 0 radical (unpaired) electrons. The lowest BCUT2D eigenvalue weighted by Crippen LogP contribution is -2.39. The molecule has 0 spiro atoms. The number of rotatable bonds is 20. The topological polar surface area (TPSA) is 125 Å². The van der Waals surface area contributed by atoms with Gasteiger partial charge in [0.15, 0.2) is 0 Å². The normalized spacial score (nSPS) is 29.7. The third kappa shape index (κ3) is 11.0. The zero-order chi connectivity index (χ0) is 46.4. The minimum absolute atomic E-state index is 0.0302. The van der Waals surface area contributed by atoms with Gasteiger partial charge in [-0.1, -0.05) is 106 Å². The first-order chi connectivity index (χ1) is 30.6. The molecule has 8 bridgehead atoms. The number of hydrogen-bond donors (Lipinski definition) is 5. The van der Waals surface area contributed by atoms with Crippen LogP contribution < -0.4 is 16.0 Å². The molecule has 6 rings (SSSR count). The van der Waals surface area contributed by atoms with E-state index in [1.165, 1.54) is 80.0 Å². The largest absolute Gasteiger partial charge is 0.468 e. The number of hydrogen-bond acceptors (Lipinski definition) is 8. The van der Waals surface area contributed by atoms with Crippen LogP contribution in [0.4, 0.5) is 0 Å². The van der Waals surface area contributed by atoms with E-state index >= 15 is 0 Å². The molecule has 4 aliphatic heterocycles. The number of ether oxygens (including phenoxy) is 2. The number of carbonyl (C=O) groups is 2. The molecule has 1 aliphatic carbocycles. The Morgan fingerprint density at radius 1 is 0.844 bits per heavy atom. The first-order valence-electron chi connectivity index (χ1n) is 25.3. The van der Waals surface area contributed by atoms with Gasteiger partial charge in [-0.15, -0.1) is 0 Å². The fraction of sp³-hybridized carbons (Fsp3) is 0.673. The second-order valence-electron chi connectivity index (χ2n) is 20.9. The van der Waals surface area contributed by atoms with Crippen LogP contribution in [0.2, 0.25) is 0 Å². The molecule has 354 valence electrons. The summed E-state index contributed by atoms with van der Waals surface area (Å²) in [5.74, 6) is 0.744. The van der Waals surface area contributed by atoms with Crippen LogP contribution in [-0.4, -0.2) is 47.9 Å². The molecule has 10 atom stereocenters. The average molecular weight is 881 g/mol. The lowest BCUT2D eigenvalue weighted by molar-refractivity contribution is -0.148. The Bertz CT molecular complexity index is 2030. The Kier molecular flexibility index (Phi) is 17.0. The van der Waals surface area contributed by atoms with E-state index in [0.29, 0.717) is 6.42 Å². The highest BCUT2D eigenvalue weighted by molar-refractivity contribution is 5.79. The predicted octanol–water partition coefficient (Wildman–Crippen LogP) is 11.6. The zero-order valence-electron chi connectivity index (χ0n) is 41.6. The number of aromatic nitrogens is 1. The Balaban J connectivity index is 1.17. The summed E-state index contributed by atoms with van der Waals surface area (Å²) in [6, 6.07) is -0.313. The molecule has 5 heterocycles. The second-order valence-corrected chi connectivity index (χ2v) is 20.9. The number of methoxy groups -OCH3 is 1. The van der Waals surface area contributed by atoms with Crippen molar-refractivity contribution in [3.63, 3.8) is 0 Å². The molecular weight excluding hydrogens is 797 g/mol. The number of carbonyl (C=O) groups excluding carboxylic acids is 2. The van der Waals surface area contributed by atoms with Crippen molar-refractivity contribution in [2.45, 2.75) is 172 Å². The van der Waals surface area contributed by atoms with Crippen LogP contribution in [0.3, 0.4) is 0 Å². The molecule has 5 N–H and O–H groups in total. The van der Waals surface area contributed by atoms with Gasteiger partial charge in [0.05, 0.1) is 19.3 Å². The number of H-pyrrole nitrogens is 1. The minimum atomic E-state index is -0.958. The molecule has 1 aromatic heterocycles. The van der Waals surface area contributed by atoms with Crippen LogP contribution in [0.15, 0.2) is 57.4 Å². The first kappa shape index (κ1) is 49.5. The molecule has 2 saturated heterocycles. The molecule has 64 heavy (non-hydrogen) atoms. The standard InChI is InChI=1S/C55H84N4O5/c1-13-39-35(8)42-28-44-37(10)41(24-25-48(60)64-27-26-34(7)23-17-22-33(6)21-16-20-32(5)19-15-18-31(3)4)52(58-44)50-51(55(62)63-12)54(61)49-38(11)45(59-53(49)50)30-47-40(14-2)36(9)43(57-47)29-46(39)56-42/h26,28-33,37-39,41,49,51-52,54,56-59,61H,13-25,27H2,1-12H3/b34-26+,44-28-,45-30-,46-29-/t32-,33+,37+,38?,39-,41+,49?,51-,52?,54+/m1/s1. The number of aliphatic hydroxyl groups is 1. The van der Waals surface area contributed by atoms with Gasteiger partial charge in [-0.2, -0.15) is 0 Å². The van der Waals surface area contributed by atoms with E-state index < -0.39 is 18.0 Å². The van der Waals surface area contributed by atoms with Gasteiger partial charge in [0.25, 0.3) is 0 Å². The molecular formula is C55H84N4O5. The summed E-state index contributed by atoms with van der Waals surface area (Å²) in [5.41, 5.74) is 13.3. The highest BCUT2D eigenvalue weighted by atomic mass is 16.5. The number of fused-ring (bicyclic) bond motifs is 8. The van der Waals surface area contributed by atoms with Gasteiger partial charge < -0.3 is 35.5 Å². The maximum atomic E-state index is 13.7. The van der Waals surface area contributed by atoms with Crippen molar-refractivity contribution in [2.24, 2.45) is 53.3 Å². The van der Waals surface area contributed by atoms with Crippen molar-refractivity contribution in [2.75, 3.05) is 13.7 Å². The van der Waals surface area contributed by atoms with Crippen LogP contribution in [0.5, 0.6) is 0 Å². The lowest BCUT2D eigenvalue weighted by Gasteiger charge is -2.28. The number of aromatic amines is 1. The molecule has 5 aliphatic rings. The number of esters is 2. The van der Waals surface area contributed by atoms with Gasteiger partial charge in [-0.25, -0.2) is 0 Å². The van der Waals surface area contributed by atoms with Crippen molar-refractivity contribution < 1.29 is 24.2 Å². The van der Waals surface area contributed by atoms with E-state index in [0.717, 1.165) is 83.2 Å². The smallest absolute Gasteiger partial charge is 0.315 e. The molecule has 3 unspecified atom stereocenters. The second kappa shape index (κ2) is 22.0. The third-order valence-corrected chi connectivity index (χ3v) is 15.9.